The van der Waals surface area contributed by atoms with Crippen molar-refractivity contribution in [3.05, 3.63) is 57.6 Å². The van der Waals surface area contributed by atoms with Gasteiger partial charge in [0.1, 0.15) is 5.82 Å². The van der Waals surface area contributed by atoms with E-state index in [1.165, 1.54) is 29.1 Å². The minimum Gasteiger partial charge on any atom is -0.393 e. The Morgan fingerprint density at radius 1 is 1.28 bits per heavy atom. The minimum atomic E-state index is -0.388. The van der Waals surface area contributed by atoms with Gasteiger partial charge < -0.3 is 14.8 Å². The fourth-order valence-electron chi connectivity index (χ4n) is 3.22. The molecule has 2 heterocycles. The van der Waals surface area contributed by atoms with Crippen molar-refractivity contribution >= 4 is 39.7 Å². The number of aromatic amines is 1. The molecule has 2 unspecified atom stereocenters. The van der Waals surface area contributed by atoms with Crippen LogP contribution in [-0.2, 0) is 0 Å². The van der Waals surface area contributed by atoms with Gasteiger partial charge >= 0.3 is 0 Å². The van der Waals surface area contributed by atoms with E-state index in [9.17, 15) is 14.3 Å². The van der Waals surface area contributed by atoms with Crippen LogP contribution in [0.25, 0.3) is 10.8 Å². The Balaban J connectivity index is 1.51. The zero-order chi connectivity index (χ0) is 17.4. The average molecular weight is 376 g/mol. The topological polar surface area (TPSA) is 65.1 Å². The summed E-state index contributed by atoms with van der Waals surface area (Å²) in [6, 6.07) is 8.68. The Labute approximate surface area is 152 Å². The van der Waals surface area contributed by atoms with E-state index in [1.807, 2.05) is 6.07 Å². The maximum absolute atomic E-state index is 14.2. The Hall–Kier alpha value is -1.83. The molecule has 2 atom stereocenters. The SMILES string of the molecule is O=c1[nH]ccc2cc(F)c(NSc3ccc(C4CCC(O)C4)s3)cc12. The predicted molar refractivity (Wildman–Crippen MR) is 101 cm³/mol. The number of rotatable bonds is 4. The van der Waals surface area contributed by atoms with Crippen LogP contribution in [-0.4, -0.2) is 16.2 Å². The molecule has 1 aliphatic carbocycles. The monoisotopic (exact) mass is 376 g/mol. The van der Waals surface area contributed by atoms with E-state index in [1.54, 1.807) is 23.5 Å². The summed E-state index contributed by atoms with van der Waals surface area (Å²) in [7, 11) is 0. The summed E-state index contributed by atoms with van der Waals surface area (Å²) in [5.74, 6) is 0.0339. The van der Waals surface area contributed by atoms with Crippen molar-refractivity contribution < 1.29 is 9.50 Å². The van der Waals surface area contributed by atoms with Crippen molar-refractivity contribution in [2.24, 2.45) is 0 Å². The summed E-state index contributed by atoms with van der Waals surface area (Å²) in [5, 5.41) is 10.7. The van der Waals surface area contributed by atoms with Crippen molar-refractivity contribution in [1.29, 1.82) is 0 Å². The second-order valence-electron chi connectivity index (χ2n) is 6.25. The molecule has 0 radical (unpaired) electrons. The molecule has 0 bridgehead atoms. The van der Waals surface area contributed by atoms with Crippen LogP contribution in [0.4, 0.5) is 10.1 Å². The smallest absolute Gasteiger partial charge is 0.255 e. The van der Waals surface area contributed by atoms with Crippen molar-refractivity contribution in [1.82, 2.24) is 4.98 Å². The molecule has 130 valence electrons. The second kappa shape index (κ2) is 6.82. The van der Waals surface area contributed by atoms with Crippen molar-refractivity contribution in [3.63, 3.8) is 0 Å². The molecule has 1 aromatic carbocycles. The molecule has 4 rings (SSSR count). The average Bonchev–Trinajstić information content (AvgIpc) is 3.22. The molecule has 0 spiro atoms. The Bertz CT molecular complexity index is 969. The molecule has 1 saturated carbocycles. The number of benzene rings is 1. The van der Waals surface area contributed by atoms with Crippen LogP contribution in [0.15, 0.2) is 45.5 Å². The van der Waals surface area contributed by atoms with Crippen molar-refractivity contribution in [2.45, 2.75) is 35.5 Å². The fraction of sp³-hybridized carbons (Fsp3) is 0.278. The number of thiophene rings is 1. The van der Waals surface area contributed by atoms with E-state index in [4.69, 9.17) is 0 Å². The van der Waals surface area contributed by atoms with Crippen LogP contribution < -0.4 is 10.3 Å². The first-order valence-corrected chi connectivity index (χ1v) is 9.75. The highest BCUT2D eigenvalue weighted by molar-refractivity contribution is 8.02. The fourth-order valence-corrected chi connectivity index (χ4v) is 5.18. The van der Waals surface area contributed by atoms with E-state index >= 15 is 0 Å². The number of H-pyrrole nitrogens is 1. The first-order valence-electron chi connectivity index (χ1n) is 8.12. The zero-order valence-corrected chi connectivity index (χ0v) is 14.9. The van der Waals surface area contributed by atoms with Crippen molar-refractivity contribution in [2.75, 3.05) is 4.72 Å². The van der Waals surface area contributed by atoms with Crippen LogP contribution in [0.5, 0.6) is 0 Å². The van der Waals surface area contributed by atoms with Gasteiger partial charge in [-0.2, -0.15) is 0 Å². The van der Waals surface area contributed by atoms with E-state index < -0.39 is 0 Å². The van der Waals surface area contributed by atoms with Crippen molar-refractivity contribution in [3.8, 4) is 0 Å². The lowest BCUT2D eigenvalue weighted by molar-refractivity contribution is 0.181. The molecule has 25 heavy (non-hydrogen) atoms. The summed E-state index contributed by atoms with van der Waals surface area (Å²) >= 11 is 3.00. The van der Waals surface area contributed by atoms with Gasteiger partial charge in [-0.1, -0.05) is 0 Å². The third-order valence-corrected chi connectivity index (χ3v) is 6.73. The quantitative estimate of drug-likeness (QED) is 0.588. The van der Waals surface area contributed by atoms with Crippen LogP contribution in [0.3, 0.4) is 0 Å². The predicted octanol–water partition coefficient (Wildman–Crippen LogP) is 4.48. The summed E-state index contributed by atoms with van der Waals surface area (Å²) < 4.78 is 18.3. The number of hydrogen-bond acceptors (Lipinski definition) is 5. The highest BCUT2D eigenvalue weighted by Crippen LogP contribution is 2.40. The minimum absolute atomic E-state index is 0.189. The lowest BCUT2D eigenvalue weighted by Crippen LogP contribution is -2.05. The van der Waals surface area contributed by atoms with Gasteiger partial charge in [-0.15, -0.1) is 11.3 Å². The second-order valence-corrected chi connectivity index (χ2v) is 8.47. The van der Waals surface area contributed by atoms with E-state index in [2.05, 4.69) is 15.8 Å². The van der Waals surface area contributed by atoms with Gasteiger partial charge in [0.25, 0.3) is 5.56 Å². The molecule has 7 heteroatoms. The van der Waals surface area contributed by atoms with E-state index in [-0.39, 0.29) is 17.5 Å². The number of aliphatic hydroxyl groups is 1. The van der Waals surface area contributed by atoms with Crippen LogP contribution >= 0.6 is 23.3 Å². The number of anilines is 1. The third kappa shape index (κ3) is 3.44. The number of halogens is 1. The molecule has 1 aliphatic rings. The van der Waals surface area contributed by atoms with E-state index in [0.717, 1.165) is 23.5 Å². The third-order valence-electron chi connectivity index (χ3n) is 4.53. The zero-order valence-electron chi connectivity index (χ0n) is 13.3. The highest BCUT2D eigenvalue weighted by Gasteiger charge is 2.25. The van der Waals surface area contributed by atoms with Gasteiger partial charge in [0.05, 0.1) is 16.0 Å². The molecule has 0 amide bonds. The maximum Gasteiger partial charge on any atom is 0.255 e. The normalized spacial score (nSPS) is 20.2. The van der Waals surface area contributed by atoms with Gasteiger partial charge in [0, 0.05) is 16.5 Å². The molecular formula is C18H17FN2O2S2. The van der Waals surface area contributed by atoms with Crippen LogP contribution in [0.1, 0.15) is 30.1 Å². The largest absolute Gasteiger partial charge is 0.393 e. The lowest BCUT2D eigenvalue weighted by Gasteiger charge is -2.07. The molecule has 2 aromatic heterocycles. The molecule has 1 fully saturated rings. The number of aliphatic hydroxyl groups excluding tert-OH is 1. The number of hydrogen-bond donors (Lipinski definition) is 3. The summed E-state index contributed by atoms with van der Waals surface area (Å²) in [4.78, 5) is 15.7. The maximum atomic E-state index is 14.2. The van der Waals surface area contributed by atoms with Gasteiger partial charge in [0.15, 0.2) is 0 Å². The Morgan fingerprint density at radius 3 is 2.96 bits per heavy atom. The standard InChI is InChI=1S/C18H17FN2O2S2/c19-14-8-10-5-6-20-18(23)13(10)9-15(14)21-25-17-4-3-16(24-17)11-1-2-12(22)7-11/h3-6,8-9,11-12,21-22H,1-2,7H2,(H,20,23). The Kier molecular flexibility index (Phi) is 4.54. The lowest BCUT2D eigenvalue weighted by atomic mass is 10.1. The first-order chi connectivity index (χ1) is 12.1. The number of aromatic nitrogens is 1. The van der Waals surface area contributed by atoms with Gasteiger partial charge in [-0.25, -0.2) is 4.39 Å². The number of pyridine rings is 1. The molecule has 3 aromatic rings. The van der Waals surface area contributed by atoms with Gasteiger partial charge in [-0.05, 0) is 72.8 Å². The molecule has 0 saturated heterocycles. The molecule has 4 nitrogen and oxygen atoms in total. The number of fused-ring (bicyclic) bond motifs is 1. The molecule has 0 aliphatic heterocycles. The molecular weight excluding hydrogens is 359 g/mol. The first kappa shape index (κ1) is 16.6. The van der Waals surface area contributed by atoms with Crippen LogP contribution in [0.2, 0.25) is 0 Å². The Morgan fingerprint density at radius 2 is 2.16 bits per heavy atom. The molecule has 3 N–H and O–H groups in total. The van der Waals surface area contributed by atoms with Gasteiger partial charge in [0.2, 0.25) is 0 Å². The summed E-state index contributed by atoms with van der Waals surface area (Å²) in [6.07, 6.45) is 4.02. The summed E-state index contributed by atoms with van der Waals surface area (Å²) in [6.45, 7) is 0. The van der Waals surface area contributed by atoms with Gasteiger partial charge in [-0.3, -0.25) is 4.79 Å². The highest BCUT2D eigenvalue weighted by atomic mass is 32.2. The summed E-state index contributed by atoms with van der Waals surface area (Å²) in [5.41, 5.74) is 0.0594. The number of nitrogens with one attached hydrogen (secondary N) is 2. The van der Waals surface area contributed by atoms with Crippen LogP contribution in [0, 0.1) is 5.82 Å². The van der Waals surface area contributed by atoms with E-state index in [0.29, 0.717) is 22.4 Å².